The molecule has 0 amide bonds. The standard InChI is InChI=1S/C12H21N3O3S/c1-4-6-10-13-14-12(15(10)7-8-17-3)19-9-11(16)18-5-2/h4-9H2,1-3H3. The number of aryl methyl sites for hydroxylation is 1. The van der Waals surface area contributed by atoms with Gasteiger partial charge in [-0.3, -0.25) is 4.79 Å². The number of esters is 1. The largest absolute Gasteiger partial charge is 0.465 e. The van der Waals surface area contributed by atoms with Crippen LogP contribution >= 0.6 is 11.8 Å². The van der Waals surface area contributed by atoms with Crippen molar-refractivity contribution in [3.8, 4) is 0 Å². The van der Waals surface area contributed by atoms with Gasteiger partial charge in [0.25, 0.3) is 0 Å². The van der Waals surface area contributed by atoms with E-state index >= 15 is 0 Å². The van der Waals surface area contributed by atoms with Crippen LogP contribution in [0.1, 0.15) is 26.1 Å². The van der Waals surface area contributed by atoms with E-state index in [4.69, 9.17) is 9.47 Å². The van der Waals surface area contributed by atoms with Gasteiger partial charge in [0, 0.05) is 20.1 Å². The van der Waals surface area contributed by atoms with Crippen LogP contribution in [0, 0.1) is 0 Å². The third-order valence-corrected chi connectivity index (χ3v) is 3.35. The third-order valence-electron chi connectivity index (χ3n) is 2.41. The van der Waals surface area contributed by atoms with Gasteiger partial charge in [-0.1, -0.05) is 18.7 Å². The van der Waals surface area contributed by atoms with Crippen molar-refractivity contribution in [2.45, 2.75) is 38.4 Å². The minimum atomic E-state index is -0.231. The van der Waals surface area contributed by atoms with Gasteiger partial charge in [0.15, 0.2) is 5.16 Å². The Morgan fingerprint density at radius 1 is 1.37 bits per heavy atom. The summed E-state index contributed by atoms with van der Waals surface area (Å²) < 4.78 is 12.0. The van der Waals surface area contributed by atoms with Crippen molar-refractivity contribution in [1.29, 1.82) is 0 Å². The van der Waals surface area contributed by atoms with Crippen molar-refractivity contribution in [3.05, 3.63) is 5.82 Å². The summed E-state index contributed by atoms with van der Waals surface area (Å²) in [5, 5.41) is 9.04. The van der Waals surface area contributed by atoms with E-state index in [2.05, 4.69) is 17.1 Å². The monoisotopic (exact) mass is 287 g/mol. The number of aromatic nitrogens is 3. The van der Waals surface area contributed by atoms with E-state index in [0.29, 0.717) is 19.8 Å². The second-order valence-corrected chi connectivity index (χ2v) is 4.83. The molecule has 0 aliphatic heterocycles. The lowest BCUT2D eigenvalue weighted by molar-refractivity contribution is -0.139. The predicted molar refractivity (Wildman–Crippen MR) is 73.3 cm³/mol. The highest BCUT2D eigenvalue weighted by molar-refractivity contribution is 7.99. The summed E-state index contributed by atoms with van der Waals surface area (Å²) in [5.74, 6) is 0.960. The molecule has 0 spiro atoms. The molecule has 0 saturated carbocycles. The molecule has 0 fully saturated rings. The highest BCUT2D eigenvalue weighted by atomic mass is 32.2. The van der Waals surface area contributed by atoms with Crippen LogP contribution in [-0.4, -0.2) is 46.8 Å². The number of hydrogen-bond donors (Lipinski definition) is 0. The molecule has 0 bridgehead atoms. The first-order chi connectivity index (χ1) is 9.22. The number of methoxy groups -OCH3 is 1. The van der Waals surface area contributed by atoms with Gasteiger partial charge in [0.05, 0.1) is 19.0 Å². The van der Waals surface area contributed by atoms with E-state index in [-0.39, 0.29) is 11.7 Å². The van der Waals surface area contributed by atoms with E-state index in [0.717, 1.165) is 23.8 Å². The molecule has 1 heterocycles. The van der Waals surface area contributed by atoms with Gasteiger partial charge in [0.2, 0.25) is 0 Å². The van der Waals surface area contributed by atoms with Gasteiger partial charge < -0.3 is 14.0 Å². The zero-order valence-electron chi connectivity index (χ0n) is 11.7. The van der Waals surface area contributed by atoms with Crippen LogP contribution in [0.5, 0.6) is 0 Å². The van der Waals surface area contributed by atoms with Crippen molar-refractivity contribution in [1.82, 2.24) is 14.8 Å². The zero-order valence-corrected chi connectivity index (χ0v) is 12.5. The second kappa shape index (κ2) is 8.92. The Kier molecular flexibility index (Phi) is 7.50. The molecule has 108 valence electrons. The first-order valence-electron chi connectivity index (χ1n) is 6.42. The average molecular weight is 287 g/mol. The van der Waals surface area contributed by atoms with Crippen LogP contribution in [0.4, 0.5) is 0 Å². The first kappa shape index (κ1) is 16.0. The smallest absolute Gasteiger partial charge is 0.316 e. The Morgan fingerprint density at radius 3 is 2.79 bits per heavy atom. The first-order valence-corrected chi connectivity index (χ1v) is 7.40. The van der Waals surface area contributed by atoms with Crippen molar-refractivity contribution in [2.24, 2.45) is 0 Å². The average Bonchev–Trinajstić information content (AvgIpc) is 2.77. The molecule has 6 nitrogen and oxygen atoms in total. The van der Waals surface area contributed by atoms with E-state index in [9.17, 15) is 4.79 Å². The number of carbonyl (C=O) groups is 1. The lowest BCUT2D eigenvalue weighted by Crippen LogP contribution is -2.11. The van der Waals surface area contributed by atoms with E-state index in [1.807, 2.05) is 4.57 Å². The van der Waals surface area contributed by atoms with E-state index in [1.54, 1.807) is 14.0 Å². The molecule has 0 aliphatic carbocycles. The van der Waals surface area contributed by atoms with Gasteiger partial charge in [0.1, 0.15) is 5.82 Å². The number of ether oxygens (including phenoxy) is 2. The maximum atomic E-state index is 11.3. The summed E-state index contributed by atoms with van der Waals surface area (Å²) in [6.45, 7) is 5.59. The Morgan fingerprint density at radius 2 is 2.16 bits per heavy atom. The Hall–Kier alpha value is -1.08. The van der Waals surface area contributed by atoms with Gasteiger partial charge in [-0.15, -0.1) is 10.2 Å². The normalized spacial score (nSPS) is 10.7. The van der Waals surface area contributed by atoms with Crippen molar-refractivity contribution < 1.29 is 14.3 Å². The van der Waals surface area contributed by atoms with E-state index in [1.165, 1.54) is 11.8 Å². The van der Waals surface area contributed by atoms with Crippen LogP contribution in [0.3, 0.4) is 0 Å². The van der Waals surface area contributed by atoms with Gasteiger partial charge in [-0.25, -0.2) is 0 Å². The zero-order chi connectivity index (χ0) is 14.1. The van der Waals surface area contributed by atoms with Gasteiger partial charge in [-0.2, -0.15) is 0 Å². The van der Waals surface area contributed by atoms with Gasteiger partial charge in [-0.05, 0) is 13.3 Å². The molecule has 7 heteroatoms. The molecule has 19 heavy (non-hydrogen) atoms. The lowest BCUT2D eigenvalue weighted by Gasteiger charge is -2.08. The quantitative estimate of drug-likeness (QED) is 0.507. The number of rotatable bonds is 9. The second-order valence-electron chi connectivity index (χ2n) is 3.89. The Bertz CT molecular complexity index is 396. The summed E-state index contributed by atoms with van der Waals surface area (Å²) in [6, 6.07) is 0. The van der Waals surface area contributed by atoms with Crippen LogP contribution in [0.15, 0.2) is 5.16 Å². The fraction of sp³-hybridized carbons (Fsp3) is 0.750. The molecule has 0 aromatic carbocycles. The minimum absolute atomic E-state index is 0.231. The van der Waals surface area contributed by atoms with Crippen LogP contribution < -0.4 is 0 Å². The summed E-state index contributed by atoms with van der Waals surface area (Å²) in [6.07, 6.45) is 1.88. The molecule has 0 N–H and O–H groups in total. The maximum Gasteiger partial charge on any atom is 0.316 e. The minimum Gasteiger partial charge on any atom is -0.465 e. The summed E-state index contributed by atoms with van der Waals surface area (Å²) in [7, 11) is 1.66. The highest BCUT2D eigenvalue weighted by Crippen LogP contribution is 2.18. The molecule has 0 atom stereocenters. The summed E-state index contributed by atoms with van der Waals surface area (Å²) >= 11 is 1.35. The van der Waals surface area contributed by atoms with Crippen LogP contribution in [-0.2, 0) is 27.2 Å². The number of nitrogens with zero attached hydrogens (tertiary/aromatic N) is 3. The molecule has 0 saturated heterocycles. The van der Waals surface area contributed by atoms with Crippen LogP contribution in [0.2, 0.25) is 0 Å². The van der Waals surface area contributed by atoms with Crippen molar-refractivity contribution >= 4 is 17.7 Å². The molecular weight excluding hydrogens is 266 g/mol. The van der Waals surface area contributed by atoms with Crippen molar-refractivity contribution in [3.63, 3.8) is 0 Å². The topological polar surface area (TPSA) is 66.2 Å². The third kappa shape index (κ3) is 5.20. The van der Waals surface area contributed by atoms with Crippen molar-refractivity contribution in [2.75, 3.05) is 26.1 Å². The number of carbonyl (C=O) groups excluding carboxylic acids is 1. The Labute approximate surface area is 117 Å². The van der Waals surface area contributed by atoms with Crippen LogP contribution in [0.25, 0.3) is 0 Å². The summed E-state index contributed by atoms with van der Waals surface area (Å²) in [5.41, 5.74) is 0. The molecular formula is C12H21N3O3S. The maximum absolute atomic E-state index is 11.3. The fourth-order valence-corrected chi connectivity index (χ4v) is 2.35. The molecule has 0 radical (unpaired) electrons. The van der Waals surface area contributed by atoms with Gasteiger partial charge >= 0.3 is 5.97 Å². The molecule has 1 aromatic rings. The SMILES string of the molecule is CCCc1nnc(SCC(=O)OCC)n1CCOC. The Balaban J connectivity index is 2.67. The lowest BCUT2D eigenvalue weighted by atomic mass is 10.3. The molecule has 0 unspecified atom stereocenters. The number of thioether (sulfide) groups is 1. The highest BCUT2D eigenvalue weighted by Gasteiger charge is 2.13. The fourth-order valence-electron chi connectivity index (χ4n) is 1.57. The molecule has 1 aromatic heterocycles. The van der Waals surface area contributed by atoms with E-state index < -0.39 is 0 Å². The molecule has 0 aliphatic rings. The molecule has 1 rings (SSSR count). The number of hydrogen-bond acceptors (Lipinski definition) is 6. The summed E-state index contributed by atoms with van der Waals surface area (Å²) in [4.78, 5) is 11.3. The predicted octanol–water partition coefficient (Wildman–Crippen LogP) is 1.53.